The average molecular weight is 429 g/mol. The highest BCUT2D eigenvalue weighted by Crippen LogP contribution is 2.34. The molecular formula is C23H29FN4OS. The first kappa shape index (κ1) is 21.0. The summed E-state index contributed by atoms with van der Waals surface area (Å²) in [4.78, 5) is 20.7. The minimum Gasteiger partial charge on any atom is -0.373 e. The van der Waals surface area contributed by atoms with E-state index in [1.54, 1.807) is 0 Å². The first-order valence-corrected chi connectivity index (χ1v) is 11.6. The maximum Gasteiger partial charge on any atom is 0.251 e. The van der Waals surface area contributed by atoms with E-state index in [1.807, 2.05) is 36.0 Å². The van der Waals surface area contributed by atoms with E-state index in [-0.39, 0.29) is 11.7 Å². The molecule has 2 aliphatic heterocycles. The SMILES string of the molecule is CN1CCSc2ccc(C(=O)NCCCN3CCN(c4ccc(F)cc4)CC3)cc21. The quantitative estimate of drug-likeness (QED) is 0.715. The number of benzene rings is 2. The van der Waals surface area contributed by atoms with Crippen LogP contribution in [-0.2, 0) is 0 Å². The third-order valence-electron chi connectivity index (χ3n) is 5.82. The third kappa shape index (κ3) is 5.08. The van der Waals surface area contributed by atoms with Gasteiger partial charge in [-0.15, -0.1) is 11.8 Å². The Labute approximate surface area is 182 Å². The molecule has 30 heavy (non-hydrogen) atoms. The van der Waals surface area contributed by atoms with Gasteiger partial charge in [-0.3, -0.25) is 9.69 Å². The molecule has 160 valence electrons. The zero-order valence-corrected chi connectivity index (χ0v) is 18.3. The number of thioether (sulfide) groups is 1. The van der Waals surface area contributed by atoms with E-state index < -0.39 is 0 Å². The highest BCUT2D eigenvalue weighted by molar-refractivity contribution is 7.99. The molecule has 2 aliphatic rings. The summed E-state index contributed by atoms with van der Waals surface area (Å²) in [7, 11) is 2.08. The van der Waals surface area contributed by atoms with Crippen LogP contribution in [0.5, 0.6) is 0 Å². The van der Waals surface area contributed by atoms with Crippen molar-refractivity contribution in [2.75, 3.05) is 68.4 Å². The number of fused-ring (bicyclic) bond motifs is 1. The number of carbonyl (C=O) groups excluding carboxylic acids is 1. The van der Waals surface area contributed by atoms with Crippen LogP contribution in [0.25, 0.3) is 0 Å². The van der Waals surface area contributed by atoms with E-state index in [0.717, 1.165) is 68.4 Å². The highest BCUT2D eigenvalue weighted by Gasteiger charge is 2.18. The van der Waals surface area contributed by atoms with Crippen LogP contribution >= 0.6 is 11.8 Å². The summed E-state index contributed by atoms with van der Waals surface area (Å²) in [6, 6.07) is 12.7. The van der Waals surface area contributed by atoms with E-state index in [9.17, 15) is 9.18 Å². The number of halogens is 1. The minimum atomic E-state index is -0.194. The van der Waals surface area contributed by atoms with Gasteiger partial charge < -0.3 is 15.1 Å². The molecule has 1 saturated heterocycles. The van der Waals surface area contributed by atoms with Crippen molar-refractivity contribution in [3.8, 4) is 0 Å². The molecule has 0 aliphatic carbocycles. The number of amides is 1. The first-order chi connectivity index (χ1) is 14.6. The van der Waals surface area contributed by atoms with Gasteiger partial charge in [-0.2, -0.15) is 0 Å². The van der Waals surface area contributed by atoms with Crippen molar-refractivity contribution in [2.45, 2.75) is 11.3 Å². The van der Waals surface area contributed by atoms with Gasteiger partial charge in [-0.25, -0.2) is 4.39 Å². The molecule has 0 spiro atoms. The van der Waals surface area contributed by atoms with Crippen LogP contribution in [0.4, 0.5) is 15.8 Å². The number of hydrogen-bond acceptors (Lipinski definition) is 5. The number of nitrogens with one attached hydrogen (secondary N) is 1. The lowest BCUT2D eigenvalue weighted by Crippen LogP contribution is -2.47. The van der Waals surface area contributed by atoms with Crippen molar-refractivity contribution in [3.05, 3.63) is 53.8 Å². The van der Waals surface area contributed by atoms with Crippen LogP contribution in [0, 0.1) is 5.82 Å². The largest absolute Gasteiger partial charge is 0.373 e. The van der Waals surface area contributed by atoms with Gasteiger partial charge in [0, 0.05) is 68.2 Å². The van der Waals surface area contributed by atoms with Crippen molar-refractivity contribution in [1.29, 1.82) is 0 Å². The Balaban J connectivity index is 1.18. The summed E-state index contributed by atoms with van der Waals surface area (Å²) < 4.78 is 13.1. The molecule has 1 fully saturated rings. The fourth-order valence-electron chi connectivity index (χ4n) is 3.98. The molecule has 0 bridgehead atoms. The van der Waals surface area contributed by atoms with Gasteiger partial charge in [0.25, 0.3) is 5.91 Å². The fourth-order valence-corrected chi connectivity index (χ4v) is 5.09. The fraction of sp³-hybridized carbons (Fsp3) is 0.435. The zero-order valence-electron chi connectivity index (χ0n) is 17.4. The first-order valence-electron chi connectivity index (χ1n) is 10.6. The van der Waals surface area contributed by atoms with Crippen molar-refractivity contribution in [1.82, 2.24) is 10.2 Å². The van der Waals surface area contributed by atoms with Gasteiger partial charge in [0.05, 0.1) is 5.69 Å². The number of carbonyl (C=O) groups is 1. The molecule has 1 N–H and O–H groups in total. The molecule has 0 radical (unpaired) electrons. The van der Waals surface area contributed by atoms with Gasteiger partial charge in [-0.1, -0.05) is 0 Å². The Morgan fingerprint density at radius 2 is 1.83 bits per heavy atom. The molecule has 5 nitrogen and oxygen atoms in total. The van der Waals surface area contributed by atoms with E-state index in [1.165, 1.54) is 17.0 Å². The van der Waals surface area contributed by atoms with Gasteiger partial charge >= 0.3 is 0 Å². The maximum atomic E-state index is 13.1. The summed E-state index contributed by atoms with van der Waals surface area (Å²) in [5.41, 5.74) is 2.96. The van der Waals surface area contributed by atoms with Gasteiger partial charge in [0.2, 0.25) is 0 Å². The number of nitrogens with zero attached hydrogens (tertiary/aromatic N) is 3. The summed E-state index contributed by atoms with van der Waals surface area (Å²) in [6.45, 7) is 6.52. The van der Waals surface area contributed by atoms with Crippen molar-refractivity contribution in [2.24, 2.45) is 0 Å². The normalized spacial score (nSPS) is 17.0. The van der Waals surface area contributed by atoms with Crippen LogP contribution in [0.1, 0.15) is 16.8 Å². The van der Waals surface area contributed by atoms with Gasteiger partial charge in [0.15, 0.2) is 0 Å². The summed E-state index contributed by atoms with van der Waals surface area (Å²) in [5, 5.41) is 3.06. The standard InChI is InChI=1S/C23H29FN4OS/c1-26-15-16-30-22-8-3-18(17-21(22)26)23(29)25-9-2-10-27-11-13-28(14-12-27)20-6-4-19(24)5-7-20/h3-8,17H,2,9-16H2,1H3,(H,25,29). The monoisotopic (exact) mass is 428 g/mol. The topological polar surface area (TPSA) is 38.8 Å². The second kappa shape index (κ2) is 9.71. The van der Waals surface area contributed by atoms with Crippen LogP contribution in [0.15, 0.2) is 47.4 Å². The smallest absolute Gasteiger partial charge is 0.251 e. The van der Waals surface area contributed by atoms with Crippen molar-refractivity contribution < 1.29 is 9.18 Å². The van der Waals surface area contributed by atoms with Crippen LogP contribution in [-0.4, -0.2) is 69.4 Å². The predicted molar refractivity (Wildman–Crippen MR) is 122 cm³/mol. The van der Waals surface area contributed by atoms with Crippen LogP contribution < -0.4 is 15.1 Å². The number of hydrogen-bond donors (Lipinski definition) is 1. The van der Waals surface area contributed by atoms with E-state index >= 15 is 0 Å². The van der Waals surface area contributed by atoms with E-state index in [2.05, 4.69) is 33.1 Å². The van der Waals surface area contributed by atoms with E-state index in [0.29, 0.717) is 6.54 Å². The Morgan fingerprint density at radius 1 is 1.07 bits per heavy atom. The number of rotatable bonds is 6. The number of piperazine rings is 1. The molecule has 1 amide bonds. The lowest BCUT2D eigenvalue weighted by molar-refractivity contribution is 0.0951. The minimum absolute atomic E-state index is 0.00269. The molecule has 0 aromatic heterocycles. The Bertz CT molecular complexity index is 868. The van der Waals surface area contributed by atoms with Gasteiger partial charge in [-0.05, 0) is 55.4 Å². The molecule has 0 atom stereocenters. The lowest BCUT2D eigenvalue weighted by atomic mass is 10.1. The molecule has 0 unspecified atom stereocenters. The van der Waals surface area contributed by atoms with E-state index in [4.69, 9.17) is 0 Å². The van der Waals surface area contributed by atoms with Crippen molar-refractivity contribution >= 4 is 29.0 Å². The van der Waals surface area contributed by atoms with Gasteiger partial charge in [0.1, 0.15) is 5.82 Å². The Kier molecular flexibility index (Phi) is 6.79. The molecule has 2 heterocycles. The zero-order chi connectivity index (χ0) is 20.9. The maximum absolute atomic E-state index is 13.1. The Hall–Kier alpha value is -2.25. The lowest BCUT2D eigenvalue weighted by Gasteiger charge is -2.36. The average Bonchev–Trinajstić information content (AvgIpc) is 2.78. The molecule has 2 aromatic rings. The molecule has 4 rings (SSSR count). The second-order valence-electron chi connectivity index (χ2n) is 7.87. The second-order valence-corrected chi connectivity index (χ2v) is 9.00. The summed E-state index contributed by atoms with van der Waals surface area (Å²) >= 11 is 1.85. The molecule has 2 aromatic carbocycles. The summed E-state index contributed by atoms with van der Waals surface area (Å²) in [6.07, 6.45) is 0.934. The molecule has 7 heteroatoms. The van der Waals surface area contributed by atoms with Crippen LogP contribution in [0.3, 0.4) is 0 Å². The molecule has 0 saturated carbocycles. The van der Waals surface area contributed by atoms with Crippen LogP contribution in [0.2, 0.25) is 0 Å². The third-order valence-corrected chi connectivity index (χ3v) is 6.86. The number of anilines is 2. The molecular weight excluding hydrogens is 399 g/mol. The predicted octanol–water partition coefficient (Wildman–Crippen LogP) is 3.31. The highest BCUT2D eigenvalue weighted by atomic mass is 32.2. The Morgan fingerprint density at radius 3 is 2.60 bits per heavy atom. The van der Waals surface area contributed by atoms with Crippen molar-refractivity contribution in [3.63, 3.8) is 0 Å². The summed E-state index contributed by atoms with van der Waals surface area (Å²) in [5.74, 6) is 0.899.